The third-order valence-corrected chi connectivity index (χ3v) is 5.65. The van der Waals surface area contributed by atoms with Gasteiger partial charge in [-0.2, -0.15) is 0 Å². The van der Waals surface area contributed by atoms with Crippen LogP contribution in [0, 0.1) is 0 Å². The molecule has 0 bridgehead atoms. The number of nitrogens with zero attached hydrogens (tertiary/aromatic N) is 1. The van der Waals surface area contributed by atoms with Crippen LogP contribution in [0.3, 0.4) is 0 Å². The van der Waals surface area contributed by atoms with E-state index in [0.29, 0.717) is 18.3 Å². The van der Waals surface area contributed by atoms with Gasteiger partial charge in [0.15, 0.2) is 9.84 Å². The van der Waals surface area contributed by atoms with Crippen molar-refractivity contribution in [1.29, 1.82) is 0 Å². The van der Waals surface area contributed by atoms with E-state index in [2.05, 4.69) is 36.2 Å². The third-order valence-electron chi connectivity index (χ3n) is 3.93. The van der Waals surface area contributed by atoms with E-state index < -0.39 is 9.84 Å². The molecule has 4 nitrogen and oxygen atoms in total. The van der Waals surface area contributed by atoms with Crippen LogP contribution < -0.4 is 5.32 Å². The van der Waals surface area contributed by atoms with E-state index in [-0.39, 0.29) is 11.8 Å². The Kier molecular flexibility index (Phi) is 5.79. The number of hydrogen-bond acceptors (Lipinski definition) is 4. The molecule has 0 spiro atoms. The molecule has 1 heterocycles. The second kappa shape index (κ2) is 7.38. The predicted octanol–water partition coefficient (Wildman–Crippen LogP) is 1.85. The molecule has 118 valence electrons. The van der Waals surface area contributed by atoms with E-state index >= 15 is 0 Å². The highest BCUT2D eigenvalue weighted by Gasteiger charge is 2.25. The van der Waals surface area contributed by atoms with Crippen molar-refractivity contribution < 1.29 is 8.42 Å². The van der Waals surface area contributed by atoms with Gasteiger partial charge in [0, 0.05) is 25.2 Å². The molecule has 5 heteroatoms. The lowest BCUT2D eigenvalue weighted by molar-refractivity contribution is 0.204. The number of rotatable bonds is 5. The maximum atomic E-state index is 11.8. The normalized spacial score (nSPS) is 21.1. The van der Waals surface area contributed by atoms with Gasteiger partial charge in [-0.1, -0.05) is 44.2 Å². The topological polar surface area (TPSA) is 49.4 Å². The van der Waals surface area contributed by atoms with Gasteiger partial charge < -0.3 is 5.32 Å². The lowest BCUT2D eigenvalue weighted by Crippen LogP contribution is -2.39. The van der Waals surface area contributed by atoms with E-state index in [1.807, 2.05) is 18.2 Å². The molecule has 1 aliphatic heterocycles. The summed E-state index contributed by atoms with van der Waals surface area (Å²) >= 11 is 0. The van der Waals surface area contributed by atoms with Gasteiger partial charge in [-0.3, -0.25) is 4.90 Å². The number of nitrogens with one attached hydrogen (secondary N) is 1. The van der Waals surface area contributed by atoms with E-state index in [1.165, 1.54) is 5.56 Å². The highest BCUT2D eigenvalue weighted by molar-refractivity contribution is 7.91. The molecule has 1 fully saturated rings. The first-order valence-corrected chi connectivity index (χ1v) is 9.53. The van der Waals surface area contributed by atoms with Crippen molar-refractivity contribution in [3.63, 3.8) is 0 Å². The Labute approximate surface area is 128 Å². The zero-order valence-corrected chi connectivity index (χ0v) is 13.8. The monoisotopic (exact) mass is 310 g/mol. The largest absolute Gasteiger partial charge is 0.313 e. The van der Waals surface area contributed by atoms with Crippen LogP contribution in [0.5, 0.6) is 0 Å². The minimum atomic E-state index is -2.86. The summed E-state index contributed by atoms with van der Waals surface area (Å²) in [5.41, 5.74) is 1.25. The maximum Gasteiger partial charge on any atom is 0.151 e. The molecule has 0 aliphatic carbocycles. The lowest BCUT2D eigenvalue weighted by Gasteiger charge is -2.31. The highest BCUT2D eigenvalue weighted by atomic mass is 32.2. The van der Waals surface area contributed by atoms with E-state index in [9.17, 15) is 8.42 Å². The highest BCUT2D eigenvalue weighted by Crippen LogP contribution is 2.22. The summed E-state index contributed by atoms with van der Waals surface area (Å²) in [6.07, 6.45) is 0.730. The molecular formula is C16H26N2O2S. The van der Waals surface area contributed by atoms with Crippen molar-refractivity contribution in [2.24, 2.45) is 0 Å². The summed E-state index contributed by atoms with van der Waals surface area (Å²) in [5, 5.41) is 3.49. The first kappa shape index (κ1) is 16.5. The summed E-state index contributed by atoms with van der Waals surface area (Å²) < 4.78 is 23.6. The quantitative estimate of drug-likeness (QED) is 0.902. The molecular weight excluding hydrogens is 284 g/mol. The van der Waals surface area contributed by atoms with Crippen molar-refractivity contribution in [2.45, 2.75) is 32.4 Å². The van der Waals surface area contributed by atoms with Crippen LogP contribution in [0.25, 0.3) is 0 Å². The molecule has 0 aromatic heterocycles. The number of benzene rings is 1. The summed E-state index contributed by atoms with van der Waals surface area (Å²) in [6.45, 7) is 6.59. The number of hydrogen-bond donors (Lipinski definition) is 1. The molecule has 2 rings (SSSR count). The van der Waals surface area contributed by atoms with Gasteiger partial charge >= 0.3 is 0 Å². The SMILES string of the molecule is CC(C)NCC(c1ccccc1)N1CCCS(=O)(=O)CC1. The maximum absolute atomic E-state index is 11.8. The lowest BCUT2D eigenvalue weighted by atomic mass is 10.0. The predicted molar refractivity (Wildman–Crippen MR) is 87.2 cm³/mol. The molecule has 0 saturated carbocycles. The van der Waals surface area contributed by atoms with Crippen molar-refractivity contribution in [3.8, 4) is 0 Å². The molecule has 1 unspecified atom stereocenters. The van der Waals surface area contributed by atoms with Crippen molar-refractivity contribution in [3.05, 3.63) is 35.9 Å². The Bertz CT molecular complexity index is 528. The molecule has 0 amide bonds. The average molecular weight is 310 g/mol. The summed E-state index contributed by atoms with van der Waals surface area (Å²) in [4.78, 5) is 2.31. The van der Waals surface area contributed by atoms with Crippen LogP contribution in [-0.2, 0) is 9.84 Å². The number of sulfone groups is 1. The fourth-order valence-corrected chi connectivity index (χ4v) is 4.04. The van der Waals surface area contributed by atoms with Crippen LogP contribution in [-0.4, -0.2) is 50.5 Å². The smallest absolute Gasteiger partial charge is 0.151 e. The van der Waals surface area contributed by atoms with Gasteiger partial charge in [0.1, 0.15) is 0 Å². The van der Waals surface area contributed by atoms with Crippen molar-refractivity contribution >= 4 is 9.84 Å². The summed E-state index contributed by atoms with van der Waals surface area (Å²) in [7, 11) is -2.86. The van der Waals surface area contributed by atoms with Crippen LogP contribution in [0.2, 0.25) is 0 Å². The van der Waals surface area contributed by atoms with Crippen LogP contribution in [0.1, 0.15) is 31.9 Å². The average Bonchev–Trinajstić information content (AvgIpc) is 2.61. The first-order chi connectivity index (χ1) is 9.98. The Morgan fingerprint density at radius 2 is 1.86 bits per heavy atom. The van der Waals surface area contributed by atoms with Crippen LogP contribution in [0.15, 0.2) is 30.3 Å². The first-order valence-electron chi connectivity index (χ1n) is 7.71. The van der Waals surface area contributed by atoms with Gasteiger partial charge in [-0.15, -0.1) is 0 Å². The van der Waals surface area contributed by atoms with Crippen LogP contribution in [0.4, 0.5) is 0 Å². The van der Waals surface area contributed by atoms with Gasteiger partial charge in [0.2, 0.25) is 0 Å². The fourth-order valence-electron chi connectivity index (χ4n) is 2.75. The van der Waals surface area contributed by atoms with Crippen molar-refractivity contribution in [1.82, 2.24) is 10.2 Å². The van der Waals surface area contributed by atoms with Crippen LogP contribution >= 0.6 is 0 Å². The Morgan fingerprint density at radius 3 is 2.52 bits per heavy atom. The molecule has 1 saturated heterocycles. The molecule has 21 heavy (non-hydrogen) atoms. The zero-order chi connectivity index (χ0) is 15.3. The molecule has 1 aromatic carbocycles. The van der Waals surface area contributed by atoms with E-state index in [1.54, 1.807) is 0 Å². The van der Waals surface area contributed by atoms with Gasteiger partial charge in [-0.25, -0.2) is 8.42 Å². The van der Waals surface area contributed by atoms with Gasteiger partial charge in [0.25, 0.3) is 0 Å². The Morgan fingerprint density at radius 1 is 1.14 bits per heavy atom. The molecule has 1 N–H and O–H groups in total. The second-order valence-electron chi connectivity index (χ2n) is 6.03. The summed E-state index contributed by atoms with van der Waals surface area (Å²) in [5.74, 6) is 0.598. The van der Waals surface area contributed by atoms with Crippen molar-refractivity contribution in [2.75, 3.05) is 31.1 Å². The minimum absolute atomic E-state index is 0.238. The van der Waals surface area contributed by atoms with E-state index in [0.717, 1.165) is 19.5 Å². The zero-order valence-electron chi connectivity index (χ0n) is 13.0. The molecule has 0 radical (unpaired) electrons. The Balaban J connectivity index is 2.14. The fraction of sp³-hybridized carbons (Fsp3) is 0.625. The third kappa shape index (κ3) is 5.09. The van der Waals surface area contributed by atoms with Gasteiger partial charge in [-0.05, 0) is 18.5 Å². The van der Waals surface area contributed by atoms with Gasteiger partial charge in [0.05, 0.1) is 11.5 Å². The second-order valence-corrected chi connectivity index (χ2v) is 8.33. The van der Waals surface area contributed by atoms with E-state index in [4.69, 9.17) is 0 Å². The molecule has 1 aromatic rings. The minimum Gasteiger partial charge on any atom is -0.313 e. The molecule has 1 atom stereocenters. The standard InChI is InChI=1S/C16H26N2O2S/c1-14(2)17-13-16(15-7-4-3-5-8-15)18-9-6-11-21(19,20)12-10-18/h3-5,7-8,14,16-17H,6,9-13H2,1-2H3. The molecule has 1 aliphatic rings. The Hall–Kier alpha value is -0.910. The summed E-state index contributed by atoms with van der Waals surface area (Å²) in [6, 6.07) is 11.0.